The average Bonchev–Trinajstić information content (AvgIpc) is 2.60. The molecular weight excluding hydrogens is 352 g/mol. The lowest BCUT2D eigenvalue weighted by Crippen LogP contribution is -2.61. The SMILES string of the molecule is CC(=O)NNC(=O)c1ccccc1O[C@@H]1O[C@H](C(=O)O)[C@@H](O)[C@H](O)[C@H]1O. The van der Waals surface area contributed by atoms with Crippen LogP contribution in [0.4, 0.5) is 0 Å². The number of hydrogen-bond donors (Lipinski definition) is 6. The Hall–Kier alpha value is -2.73. The molecule has 1 saturated heterocycles. The highest BCUT2D eigenvalue weighted by Gasteiger charge is 2.48. The highest BCUT2D eigenvalue weighted by Crippen LogP contribution is 2.26. The minimum absolute atomic E-state index is 0.0514. The van der Waals surface area contributed by atoms with Gasteiger partial charge >= 0.3 is 5.97 Å². The van der Waals surface area contributed by atoms with E-state index in [9.17, 15) is 29.7 Å². The molecule has 1 aromatic carbocycles. The standard InChI is InChI=1S/C15H18N2O9/c1-6(18)16-17-13(22)7-4-2-3-5-8(7)25-15-11(21)9(19)10(20)12(26-15)14(23)24/h2-5,9-12,15,19-21H,1H3,(H,16,18)(H,17,22)(H,23,24)/t9-,10-,11+,12-,15+/m0/s1. The Balaban J connectivity index is 2.20. The summed E-state index contributed by atoms with van der Waals surface area (Å²) in [6, 6.07) is 5.69. The molecule has 1 aliphatic rings. The summed E-state index contributed by atoms with van der Waals surface area (Å²) >= 11 is 0. The van der Waals surface area contributed by atoms with Gasteiger partial charge in [0, 0.05) is 6.92 Å². The number of carbonyl (C=O) groups is 3. The number of aliphatic hydroxyl groups excluding tert-OH is 3. The maximum Gasteiger partial charge on any atom is 0.335 e. The van der Waals surface area contributed by atoms with Gasteiger partial charge in [-0.25, -0.2) is 4.79 Å². The van der Waals surface area contributed by atoms with Gasteiger partial charge in [-0.2, -0.15) is 0 Å². The highest BCUT2D eigenvalue weighted by atomic mass is 16.7. The molecular formula is C15H18N2O9. The Morgan fingerprint density at radius 1 is 1.04 bits per heavy atom. The number of para-hydroxylation sites is 1. The molecule has 0 aliphatic carbocycles. The zero-order valence-electron chi connectivity index (χ0n) is 13.5. The van der Waals surface area contributed by atoms with Crippen molar-refractivity contribution in [1.29, 1.82) is 0 Å². The number of hydrazine groups is 1. The van der Waals surface area contributed by atoms with Gasteiger partial charge in [0.05, 0.1) is 5.56 Å². The topological polar surface area (TPSA) is 175 Å². The van der Waals surface area contributed by atoms with Gasteiger partial charge in [-0.1, -0.05) is 12.1 Å². The van der Waals surface area contributed by atoms with Crippen LogP contribution in [0.2, 0.25) is 0 Å². The van der Waals surface area contributed by atoms with Crippen LogP contribution in [-0.2, 0) is 14.3 Å². The maximum absolute atomic E-state index is 12.1. The molecule has 26 heavy (non-hydrogen) atoms. The van der Waals surface area contributed by atoms with Gasteiger partial charge in [0.1, 0.15) is 24.1 Å². The van der Waals surface area contributed by atoms with Gasteiger partial charge in [-0.05, 0) is 12.1 Å². The normalized spacial score (nSPS) is 28.1. The van der Waals surface area contributed by atoms with E-state index in [4.69, 9.17) is 14.6 Å². The second kappa shape index (κ2) is 8.10. The molecule has 2 rings (SSSR count). The monoisotopic (exact) mass is 370 g/mol. The second-order valence-corrected chi connectivity index (χ2v) is 5.48. The zero-order valence-corrected chi connectivity index (χ0v) is 13.5. The summed E-state index contributed by atoms with van der Waals surface area (Å²) in [7, 11) is 0. The number of nitrogens with one attached hydrogen (secondary N) is 2. The number of benzene rings is 1. The third-order valence-corrected chi connectivity index (χ3v) is 3.54. The molecule has 11 heteroatoms. The van der Waals surface area contributed by atoms with E-state index < -0.39 is 48.5 Å². The van der Waals surface area contributed by atoms with Crippen LogP contribution in [0.15, 0.2) is 24.3 Å². The van der Waals surface area contributed by atoms with Gasteiger partial charge in [-0.15, -0.1) is 0 Å². The Bertz CT molecular complexity index is 695. The molecule has 0 spiro atoms. The van der Waals surface area contributed by atoms with Gasteiger partial charge in [0.15, 0.2) is 6.10 Å². The van der Waals surface area contributed by atoms with Crippen molar-refractivity contribution in [3.63, 3.8) is 0 Å². The summed E-state index contributed by atoms with van der Waals surface area (Å²) in [5, 5.41) is 38.4. The summed E-state index contributed by atoms with van der Waals surface area (Å²) in [4.78, 5) is 34.1. The number of rotatable bonds is 4. The average molecular weight is 370 g/mol. The van der Waals surface area contributed by atoms with E-state index in [1.54, 1.807) is 0 Å². The Morgan fingerprint density at radius 2 is 1.69 bits per heavy atom. The quantitative estimate of drug-likeness (QED) is 0.319. The van der Waals surface area contributed by atoms with E-state index in [1.165, 1.54) is 31.2 Å². The van der Waals surface area contributed by atoms with Crippen molar-refractivity contribution in [3.05, 3.63) is 29.8 Å². The van der Waals surface area contributed by atoms with Crippen LogP contribution in [-0.4, -0.2) is 68.9 Å². The molecule has 1 fully saturated rings. The first-order chi connectivity index (χ1) is 12.2. The molecule has 5 atom stereocenters. The number of carbonyl (C=O) groups excluding carboxylic acids is 2. The van der Waals surface area contributed by atoms with Gasteiger partial charge < -0.3 is 29.9 Å². The van der Waals surface area contributed by atoms with Gasteiger partial charge in [-0.3, -0.25) is 20.4 Å². The smallest absolute Gasteiger partial charge is 0.335 e. The number of aliphatic carboxylic acids is 1. The lowest BCUT2D eigenvalue weighted by atomic mass is 9.99. The van der Waals surface area contributed by atoms with Gasteiger partial charge in [0.2, 0.25) is 12.2 Å². The number of carboxylic acids is 1. The molecule has 0 radical (unpaired) electrons. The molecule has 0 bridgehead atoms. The third kappa shape index (κ3) is 4.26. The van der Waals surface area contributed by atoms with Gasteiger partial charge in [0.25, 0.3) is 5.91 Å². The molecule has 0 saturated carbocycles. The molecule has 11 nitrogen and oxygen atoms in total. The fraction of sp³-hybridized carbons (Fsp3) is 0.400. The van der Waals surface area contributed by atoms with E-state index >= 15 is 0 Å². The number of aliphatic hydroxyl groups is 3. The zero-order chi connectivity index (χ0) is 19.4. The fourth-order valence-electron chi connectivity index (χ4n) is 2.24. The molecule has 1 heterocycles. The van der Waals surface area contributed by atoms with Crippen molar-refractivity contribution in [2.75, 3.05) is 0 Å². The Morgan fingerprint density at radius 3 is 2.31 bits per heavy atom. The van der Waals surface area contributed by atoms with Crippen LogP contribution in [0, 0.1) is 0 Å². The van der Waals surface area contributed by atoms with E-state index in [2.05, 4.69) is 10.9 Å². The predicted molar refractivity (Wildman–Crippen MR) is 82.7 cm³/mol. The molecule has 6 N–H and O–H groups in total. The Labute approximate surface area is 147 Å². The van der Waals surface area contributed by atoms with E-state index in [0.29, 0.717) is 0 Å². The van der Waals surface area contributed by atoms with Crippen molar-refractivity contribution < 1.29 is 44.3 Å². The van der Waals surface area contributed by atoms with E-state index in [1.807, 2.05) is 0 Å². The van der Waals surface area contributed by atoms with E-state index in [0.717, 1.165) is 0 Å². The fourth-order valence-corrected chi connectivity index (χ4v) is 2.24. The minimum atomic E-state index is -1.86. The van der Waals surface area contributed by atoms with Crippen LogP contribution in [0.25, 0.3) is 0 Å². The van der Waals surface area contributed by atoms with Crippen molar-refractivity contribution in [2.24, 2.45) is 0 Å². The predicted octanol–water partition coefficient (Wildman–Crippen LogP) is -2.26. The summed E-state index contributed by atoms with van der Waals surface area (Å²) in [6.45, 7) is 1.19. The van der Waals surface area contributed by atoms with Crippen LogP contribution < -0.4 is 15.6 Å². The molecule has 1 aliphatic heterocycles. The van der Waals surface area contributed by atoms with Crippen LogP contribution in [0.5, 0.6) is 5.75 Å². The van der Waals surface area contributed by atoms with Crippen LogP contribution in [0.3, 0.4) is 0 Å². The summed E-state index contributed by atoms with van der Waals surface area (Å²) in [5.41, 5.74) is 4.17. The summed E-state index contributed by atoms with van der Waals surface area (Å²) < 4.78 is 10.3. The molecule has 0 aromatic heterocycles. The molecule has 2 amide bonds. The molecule has 1 aromatic rings. The molecule has 142 valence electrons. The number of carboxylic acid groups (broad SMARTS) is 1. The largest absolute Gasteiger partial charge is 0.479 e. The lowest BCUT2D eigenvalue weighted by molar-refractivity contribution is -0.271. The second-order valence-electron chi connectivity index (χ2n) is 5.48. The van der Waals surface area contributed by atoms with Crippen molar-refractivity contribution in [3.8, 4) is 5.75 Å². The maximum atomic E-state index is 12.1. The molecule has 0 unspecified atom stereocenters. The first-order valence-electron chi connectivity index (χ1n) is 7.47. The van der Waals surface area contributed by atoms with Crippen molar-refractivity contribution in [1.82, 2.24) is 10.9 Å². The minimum Gasteiger partial charge on any atom is -0.479 e. The number of hydrogen-bond acceptors (Lipinski definition) is 8. The first kappa shape index (κ1) is 19.6. The number of amides is 2. The van der Waals surface area contributed by atoms with Crippen molar-refractivity contribution >= 4 is 17.8 Å². The Kier molecular flexibility index (Phi) is 6.10. The van der Waals surface area contributed by atoms with Crippen LogP contribution >= 0.6 is 0 Å². The number of ether oxygens (including phenoxy) is 2. The summed E-state index contributed by atoms with van der Waals surface area (Å²) in [6.07, 6.45) is -8.97. The summed E-state index contributed by atoms with van der Waals surface area (Å²) in [5.74, 6) is -2.92. The lowest BCUT2D eigenvalue weighted by Gasteiger charge is -2.38. The van der Waals surface area contributed by atoms with E-state index in [-0.39, 0.29) is 11.3 Å². The van der Waals surface area contributed by atoms with Crippen molar-refractivity contribution in [2.45, 2.75) is 37.6 Å². The van der Waals surface area contributed by atoms with Crippen LogP contribution in [0.1, 0.15) is 17.3 Å². The first-order valence-corrected chi connectivity index (χ1v) is 7.47. The third-order valence-electron chi connectivity index (χ3n) is 3.54. The highest BCUT2D eigenvalue weighted by molar-refractivity contribution is 5.97.